The number of hydrogen-bond acceptors (Lipinski definition) is 8. The molecule has 208 valence electrons. The summed E-state index contributed by atoms with van der Waals surface area (Å²) in [5.41, 5.74) is 6.39. The molecule has 3 N–H and O–H groups in total. The van der Waals surface area contributed by atoms with Gasteiger partial charge in [0.25, 0.3) is 11.8 Å². The number of nitrogens with zero attached hydrogens (tertiary/aromatic N) is 6. The second-order valence-corrected chi connectivity index (χ2v) is 9.15. The normalized spacial score (nSPS) is 9.92. The van der Waals surface area contributed by atoms with E-state index in [9.17, 15) is 19.2 Å². The quantitative estimate of drug-likeness (QED) is 0.243. The molecule has 4 aromatic rings. The molecule has 2 amide bonds. The van der Waals surface area contributed by atoms with Crippen LogP contribution >= 0.6 is 22.6 Å². The second kappa shape index (κ2) is 13.9. The van der Waals surface area contributed by atoms with Crippen molar-refractivity contribution in [1.82, 2.24) is 28.2 Å². The van der Waals surface area contributed by atoms with E-state index >= 15 is 0 Å². The van der Waals surface area contributed by atoms with Gasteiger partial charge in [-0.05, 0) is 34.7 Å². The number of rotatable bonds is 5. The Labute approximate surface area is 237 Å². The van der Waals surface area contributed by atoms with Crippen molar-refractivity contribution in [2.75, 3.05) is 19.5 Å². The van der Waals surface area contributed by atoms with Crippen molar-refractivity contribution >= 4 is 52.0 Å². The Bertz CT molecular complexity index is 1460. The highest BCUT2D eigenvalue weighted by molar-refractivity contribution is 14.1. The zero-order chi connectivity index (χ0) is 29.3. The second-order valence-electron chi connectivity index (χ2n) is 7.90. The maximum atomic E-state index is 11.9. The van der Waals surface area contributed by atoms with Gasteiger partial charge in [-0.1, -0.05) is 0 Å². The Morgan fingerprint density at radius 1 is 0.795 bits per heavy atom. The van der Waals surface area contributed by atoms with Crippen molar-refractivity contribution in [3.63, 3.8) is 0 Å². The maximum absolute atomic E-state index is 11.9. The predicted octanol–water partition coefficient (Wildman–Crippen LogP) is 1.73. The van der Waals surface area contributed by atoms with Gasteiger partial charge in [0.05, 0.1) is 19.9 Å². The predicted molar refractivity (Wildman–Crippen MR) is 149 cm³/mol. The number of esters is 2. The van der Waals surface area contributed by atoms with E-state index in [1.165, 1.54) is 20.4 Å². The number of imidazole rings is 2. The maximum Gasteiger partial charge on any atom is 0.354 e. The van der Waals surface area contributed by atoms with E-state index in [0.717, 1.165) is 3.57 Å². The molecule has 4 rings (SSSR count). The van der Waals surface area contributed by atoms with Crippen molar-refractivity contribution in [1.29, 1.82) is 0 Å². The highest BCUT2D eigenvalue weighted by Crippen LogP contribution is 2.14. The number of aromatic nitrogens is 6. The van der Waals surface area contributed by atoms with Crippen molar-refractivity contribution in [3.8, 4) is 0 Å². The molecule has 0 saturated heterocycles. The van der Waals surface area contributed by atoms with E-state index in [1.807, 2.05) is 13.2 Å². The fourth-order valence-corrected chi connectivity index (χ4v) is 3.86. The van der Waals surface area contributed by atoms with Gasteiger partial charge in [-0.25, -0.2) is 19.6 Å². The summed E-state index contributed by atoms with van der Waals surface area (Å²) in [5.74, 6) is -1.01. The van der Waals surface area contributed by atoms with Crippen molar-refractivity contribution in [2.45, 2.75) is 0 Å². The van der Waals surface area contributed by atoms with Crippen molar-refractivity contribution in [3.05, 3.63) is 75.9 Å². The summed E-state index contributed by atoms with van der Waals surface area (Å²) in [6.45, 7) is 0. The Morgan fingerprint density at radius 2 is 1.28 bits per heavy atom. The molecule has 4 aromatic heterocycles. The summed E-state index contributed by atoms with van der Waals surface area (Å²) in [6.07, 6.45) is 9.92. The molecule has 0 spiro atoms. The van der Waals surface area contributed by atoms with Gasteiger partial charge in [-0.15, -0.1) is 0 Å². The lowest BCUT2D eigenvalue weighted by molar-refractivity contribution is 0.0581. The summed E-state index contributed by atoms with van der Waals surface area (Å²) in [4.78, 5) is 52.5. The number of amides is 2. The highest BCUT2D eigenvalue weighted by atomic mass is 127. The topological polar surface area (TPSA) is 170 Å². The van der Waals surface area contributed by atoms with Gasteiger partial charge < -0.3 is 38.8 Å². The molecule has 0 bridgehead atoms. The van der Waals surface area contributed by atoms with Crippen molar-refractivity contribution < 1.29 is 28.7 Å². The third-order valence-electron chi connectivity index (χ3n) is 5.09. The third kappa shape index (κ3) is 8.29. The van der Waals surface area contributed by atoms with E-state index in [0.29, 0.717) is 22.9 Å². The average Bonchev–Trinajstić information content (AvgIpc) is 3.67. The number of anilines is 1. The lowest BCUT2D eigenvalue weighted by atomic mass is 10.4. The first-order valence-electron chi connectivity index (χ1n) is 11.1. The lowest BCUT2D eigenvalue weighted by Crippen LogP contribution is -2.16. The zero-order valence-electron chi connectivity index (χ0n) is 22.2. The Balaban J connectivity index is 0.000000226. The average molecular weight is 652 g/mol. The number of halogens is 1. The number of aryl methyl sites for hydroxylation is 4. The van der Waals surface area contributed by atoms with Gasteiger partial charge in [0.15, 0.2) is 11.6 Å². The minimum atomic E-state index is -0.498. The molecule has 0 aromatic carbocycles. The van der Waals surface area contributed by atoms with Gasteiger partial charge in [-0.2, -0.15) is 0 Å². The molecule has 0 unspecified atom stereocenters. The minimum absolute atomic E-state index is 0.287. The van der Waals surface area contributed by atoms with Crippen LogP contribution in [0.15, 0.2) is 49.3 Å². The molecule has 0 aliphatic rings. The number of hydrogen-bond donors (Lipinski definition) is 2. The number of carbonyl (C=O) groups excluding carboxylic acids is 4. The molecule has 0 aliphatic heterocycles. The molecule has 4 heterocycles. The molecule has 0 fully saturated rings. The highest BCUT2D eigenvalue weighted by Gasteiger charge is 2.16. The molecule has 0 radical (unpaired) electrons. The monoisotopic (exact) mass is 652 g/mol. The molecular weight excluding hydrogens is 623 g/mol. The van der Waals surface area contributed by atoms with E-state index < -0.39 is 11.9 Å². The number of carbonyl (C=O) groups is 4. The van der Waals surface area contributed by atoms with E-state index in [4.69, 9.17) is 5.73 Å². The smallest absolute Gasteiger partial charge is 0.354 e. The standard InChI is InChI=1S/C12H14N4O3.C7H8INO2.C5H7N3O/c1-15-5-4-13-10(15)11(17)14-8-6-9(12(18)19-3)16(2)7-8;1-9-4-5(8)3-6(9)7(10)11-2;1-8-3-2-7-5(8)4(6)9/h4-7H,1-3H3,(H,14,17);3-4H,1-2H3;2-3H,1H3,(H2,6,9). The van der Waals surface area contributed by atoms with Crippen LogP contribution in [0, 0.1) is 3.57 Å². The van der Waals surface area contributed by atoms with Crippen LogP contribution in [0.3, 0.4) is 0 Å². The van der Waals surface area contributed by atoms with Gasteiger partial charge in [-0.3, -0.25) is 9.59 Å². The molecule has 0 saturated carbocycles. The number of ether oxygens (including phenoxy) is 2. The van der Waals surface area contributed by atoms with E-state index in [1.54, 1.807) is 76.3 Å². The molecule has 14 nitrogen and oxygen atoms in total. The molecule has 15 heteroatoms. The first-order valence-corrected chi connectivity index (χ1v) is 12.2. The van der Waals surface area contributed by atoms with Crippen LogP contribution in [0.25, 0.3) is 0 Å². The van der Waals surface area contributed by atoms with Crippen LogP contribution in [0.1, 0.15) is 42.2 Å². The third-order valence-corrected chi connectivity index (χ3v) is 5.68. The van der Waals surface area contributed by atoms with Crippen LogP contribution in [-0.4, -0.2) is 66.2 Å². The molecular formula is C24H29IN8O6. The van der Waals surface area contributed by atoms with Crippen LogP contribution in [0.5, 0.6) is 0 Å². The fraction of sp³-hybridized carbons (Fsp3) is 0.250. The van der Waals surface area contributed by atoms with Crippen LogP contribution in [0.2, 0.25) is 0 Å². The molecule has 0 aliphatic carbocycles. The summed E-state index contributed by atoms with van der Waals surface area (Å²) < 4.78 is 16.7. The van der Waals surface area contributed by atoms with Crippen LogP contribution < -0.4 is 11.1 Å². The summed E-state index contributed by atoms with van der Waals surface area (Å²) >= 11 is 2.15. The van der Waals surface area contributed by atoms with Gasteiger partial charge in [0, 0.05) is 68.9 Å². The number of nitrogens with one attached hydrogen (secondary N) is 1. The fourth-order valence-electron chi connectivity index (χ4n) is 3.15. The van der Waals surface area contributed by atoms with E-state index in [2.05, 4.69) is 47.3 Å². The van der Waals surface area contributed by atoms with Gasteiger partial charge in [0.1, 0.15) is 11.4 Å². The summed E-state index contributed by atoms with van der Waals surface area (Å²) in [5, 5.41) is 2.67. The molecule has 39 heavy (non-hydrogen) atoms. The number of primary amides is 1. The Morgan fingerprint density at radius 3 is 1.67 bits per heavy atom. The minimum Gasteiger partial charge on any atom is -0.464 e. The van der Waals surface area contributed by atoms with Crippen LogP contribution in [0.4, 0.5) is 5.69 Å². The van der Waals surface area contributed by atoms with Gasteiger partial charge >= 0.3 is 11.9 Å². The number of methoxy groups -OCH3 is 2. The first-order chi connectivity index (χ1) is 18.4. The summed E-state index contributed by atoms with van der Waals surface area (Å²) in [6, 6.07) is 3.33. The van der Waals surface area contributed by atoms with Crippen LogP contribution in [-0.2, 0) is 37.7 Å². The lowest BCUT2D eigenvalue weighted by Gasteiger charge is -2.01. The molecule has 0 atom stereocenters. The largest absolute Gasteiger partial charge is 0.464 e. The van der Waals surface area contributed by atoms with Gasteiger partial charge in [0.2, 0.25) is 0 Å². The first kappa shape index (κ1) is 30.8. The van der Waals surface area contributed by atoms with Crippen molar-refractivity contribution in [2.24, 2.45) is 33.9 Å². The SMILES string of the molecule is COC(=O)c1cc(I)cn1C.COC(=O)c1cc(NC(=O)c2nccn2C)cn1C.Cn1ccnc1C(N)=O. The Hall–Kier alpha value is -4.41. The summed E-state index contributed by atoms with van der Waals surface area (Å²) in [7, 11) is 9.64. The zero-order valence-corrected chi connectivity index (χ0v) is 24.4. The number of nitrogens with two attached hydrogens (primary N) is 1. The van der Waals surface area contributed by atoms with E-state index in [-0.39, 0.29) is 17.7 Å². The Kier molecular flexibility index (Phi) is 11.0.